The third-order valence-corrected chi connectivity index (χ3v) is 2.42. The van der Waals surface area contributed by atoms with Gasteiger partial charge in [-0.2, -0.15) is 0 Å². The van der Waals surface area contributed by atoms with Gasteiger partial charge in [-0.1, -0.05) is 30.6 Å². The zero-order valence-corrected chi connectivity index (χ0v) is 11.1. The fourth-order valence-electron chi connectivity index (χ4n) is 1.63. The number of ether oxygens (including phenoxy) is 1. The molecule has 0 aliphatic heterocycles. The number of hydrogen-bond donors (Lipinski definition) is 0. The van der Waals surface area contributed by atoms with E-state index in [2.05, 4.69) is 12.1 Å². The first-order valence-corrected chi connectivity index (χ1v) is 6.06. The number of unbranched alkanes of at least 4 members (excludes halogenated alkanes) is 1. The van der Waals surface area contributed by atoms with Gasteiger partial charge in [0, 0.05) is 12.5 Å². The van der Waals surface area contributed by atoms with Crippen molar-refractivity contribution in [2.75, 3.05) is 7.11 Å². The highest BCUT2D eigenvalue weighted by Gasteiger charge is 2.12. The second-order valence-corrected chi connectivity index (χ2v) is 3.91. The summed E-state index contributed by atoms with van der Waals surface area (Å²) in [5.74, 6) is 0.187. The molecule has 0 aliphatic rings. The molecule has 0 spiro atoms. The lowest BCUT2D eigenvalue weighted by molar-refractivity contribution is -0.131. The molecule has 0 aromatic heterocycles. The van der Waals surface area contributed by atoms with Crippen LogP contribution in [0, 0.1) is 0 Å². The lowest BCUT2D eigenvalue weighted by Gasteiger charge is -2.10. The van der Waals surface area contributed by atoms with Crippen molar-refractivity contribution < 1.29 is 14.4 Å². The highest BCUT2D eigenvalue weighted by atomic mass is 16.6. The summed E-state index contributed by atoms with van der Waals surface area (Å²) >= 11 is 0. The van der Waals surface area contributed by atoms with E-state index in [4.69, 9.17) is 9.57 Å². The van der Waals surface area contributed by atoms with Crippen LogP contribution in [0.2, 0.25) is 0 Å². The standard InChI is InChI=1S/C14H19NO3/c1-4-5-9-13(15-17-3)12-8-6-7-10-14(12)18-11(2)16/h6-8,10H,4-5,9H2,1-3H3/b15-13+. The van der Waals surface area contributed by atoms with E-state index in [0.29, 0.717) is 5.75 Å². The SMILES string of the molecule is CCCC/C(=N\OC)c1ccccc1OC(C)=O. The molecule has 1 aromatic rings. The van der Waals surface area contributed by atoms with E-state index in [1.807, 2.05) is 18.2 Å². The Morgan fingerprint density at radius 2 is 2.06 bits per heavy atom. The van der Waals surface area contributed by atoms with Crippen LogP contribution < -0.4 is 4.74 Å². The van der Waals surface area contributed by atoms with Gasteiger partial charge in [0.15, 0.2) is 0 Å². The van der Waals surface area contributed by atoms with E-state index in [1.54, 1.807) is 6.07 Å². The number of hydrogen-bond acceptors (Lipinski definition) is 4. The fraction of sp³-hybridized carbons (Fsp3) is 0.429. The Balaban J connectivity index is 3.03. The molecule has 4 nitrogen and oxygen atoms in total. The zero-order valence-electron chi connectivity index (χ0n) is 11.1. The molecule has 1 rings (SSSR count). The van der Waals surface area contributed by atoms with Gasteiger partial charge < -0.3 is 9.57 Å². The zero-order chi connectivity index (χ0) is 13.4. The van der Waals surface area contributed by atoms with Crippen LogP contribution in [0.5, 0.6) is 5.75 Å². The Morgan fingerprint density at radius 3 is 2.67 bits per heavy atom. The molecular weight excluding hydrogens is 230 g/mol. The molecule has 0 atom stereocenters. The van der Waals surface area contributed by atoms with Gasteiger partial charge in [0.05, 0.1) is 5.71 Å². The number of para-hydroxylation sites is 1. The van der Waals surface area contributed by atoms with E-state index >= 15 is 0 Å². The van der Waals surface area contributed by atoms with E-state index in [-0.39, 0.29) is 5.97 Å². The van der Waals surface area contributed by atoms with Crippen LogP contribution >= 0.6 is 0 Å². The summed E-state index contributed by atoms with van der Waals surface area (Å²) in [6.45, 7) is 3.50. The number of rotatable bonds is 6. The number of carbonyl (C=O) groups is 1. The van der Waals surface area contributed by atoms with Crippen LogP contribution in [0.15, 0.2) is 29.4 Å². The molecule has 0 saturated heterocycles. The van der Waals surface area contributed by atoms with Gasteiger partial charge in [-0.25, -0.2) is 0 Å². The minimum Gasteiger partial charge on any atom is -0.426 e. The van der Waals surface area contributed by atoms with Crippen LogP contribution in [-0.4, -0.2) is 18.8 Å². The van der Waals surface area contributed by atoms with Gasteiger partial charge in [0.1, 0.15) is 12.9 Å². The van der Waals surface area contributed by atoms with Gasteiger partial charge in [-0.15, -0.1) is 0 Å². The summed E-state index contributed by atoms with van der Waals surface area (Å²) in [6, 6.07) is 7.35. The van der Waals surface area contributed by atoms with Crippen LogP contribution in [0.4, 0.5) is 0 Å². The van der Waals surface area contributed by atoms with E-state index in [0.717, 1.165) is 30.5 Å². The van der Waals surface area contributed by atoms with Gasteiger partial charge in [0.25, 0.3) is 0 Å². The van der Waals surface area contributed by atoms with E-state index in [9.17, 15) is 4.79 Å². The minimum atomic E-state index is -0.338. The normalized spacial score (nSPS) is 11.2. The molecule has 4 heteroatoms. The number of nitrogens with zero attached hydrogens (tertiary/aromatic N) is 1. The molecule has 98 valence electrons. The van der Waals surface area contributed by atoms with Crippen molar-refractivity contribution in [3.63, 3.8) is 0 Å². The summed E-state index contributed by atoms with van der Waals surface area (Å²) in [4.78, 5) is 15.9. The Bertz CT molecular complexity index is 427. The van der Waals surface area contributed by atoms with Crippen LogP contribution in [-0.2, 0) is 9.63 Å². The van der Waals surface area contributed by atoms with Gasteiger partial charge in [-0.05, 0) is 25.0 Å². The van der Waals surface area contributed by atoms with Crippen LogP contribution in [0.3, 0.4) is 0 Å². The lowest BCUT2D eigenvalue weighted by atomic mass is 10.0. The molecule has 0 amide bonds. The summed E-state index contributed by atoms with van der Waals surface area (Å²) < 4.78 is 5.18. The summed E-state index contributed by atoms with van der Waals surface area (Å²) in [5.41, 5.74) is 1.61. The van der Waals surface area contributed by atoms with Crippen molar-refractivity contribution in [1.82, 2.24) is 0 Å². The summed E-state index contributed by atoms with van der Waals surface area (Å²) in [6.07, 6.45) is 2.87. The summed E-state index contributed by atoms with van der Waals surface area (Å²) in [7, 11) is 1.51. The van der Waals surface area contributed by atoms with Crippen LogP contribution in [0.25, 0.3) is 0 Å². The molecule has 0 N–H and O–H groups in total. The predicted molar refractivity (Wildman–Crippen MR) is 70.8 cm³/mol. The van der Waals surface area contributed by atoms with Crippen molar-refractivity contribution in [1.29, 1.82) is 0 Å². The number of esters is 1. The van der Waals surface area contributed by atoms with E-state index < -0.39 is 0 Å². The monoisotopic (exact) mass is 249 g/mol. The molecule has 0 radical (unpaired) electrons. The van der Waals surface area contributed by atoms with Gasteiger partial charge in [0.2, 0.25) is 0 Å². The second kappa shape index (κ2) is 7.48. The molecule has 0 saturated carbocycles. The third kappa shape index (κ3) is 4.20. The number of oxime groups is 1. The lowest BCUT2D eigenvalue weighted by Crippen LogP contribution is -2.08. The topological polar surface area (TPSA) is 47.9 Å². The van der Waals surface area contributed by atoms with Crippen molar-refractivity contribution in [3.05, 3.63) is 29.8 Å². The van der Waals surface area contributed by atoms with E-state index in [1.165, 1.54) is 14.0 Å². The first-order chi connectivity index (χ1) is 8.69. The van der Waals surface area contributed by atoms with Crippen molar-refractivity contribution in [2.24, 2.45) is 5.16 Å². The summed E-state index contributed by atoms with van der Waals surface area (Å²) in [5, 5.41) is 4.03. The van der Waals surface area contributed by atoms with Crippen molar-refractivity contribution in [2.45, 2.75) is 33.1 Å². The highest BCUT2D eigenvalue weighted by Crippen LogP contribution is 2.21. The average molecular weight is 249 g/mol. The number of benzene rings is 1. The number of carbonyl (C=O) groups excluding carboxylic acids is 1. The smallest absolute Gasteiger partial charge is 0.308 e. The Morgan fingerprint density at radius 1 is 1.33 bits per heavy atom. The Hall–Kier alpha value is -1.84. The Labute approximate surface area is 108 Å². The molecule has 0 aliphatic carbocycles. The first-order valence-electron chi connectivity index (χ1n) is 6.06. The molecule has 18 heavy (non-hydrogen) atoms. The Kier molecular flexibility index (Phi) is 5.91. The predicted octanol–water partition coefficient (Wildman–Crippen LogP) is 3.15. The van der Waals surface area contributed by atoms with Crippen molar-refractivity contribution in [3.8, 4) is 5.75 Å². The average Bonchev–Trinajstić information content (AvgIpc) is 2.35. The first kappa shape index (κ1) is 14.2. The maximum absolute atomic E-state index is 11.1. The van der Waals surface area contributed by atoms with Gasteiger partial charge >= 0.3 is 5.97 Å². The fourth-order valence-corrected chi connectivity index (χ4v) is 1.63. The van der Waals surface area contributed by atoms with Gasteiger partial charge in [-0.3, -0.25) is 4.79 Å². The van der Waals surface area contributed by atoms with Crippen LogP contribution in [0.1, 0.15) is 38.7 Å². The molecule has 1 aromatic carbocycles. The van der Waals surface area contributed by atoms with Crippen molar-refractivity contribution >= 4 is 11.7 Å². The molecule has 0 heterocycles. The molecule has 0 fully saturated rings. The second-order valence-electron chi connectivity index (χ2n) is 3.91. The molecule has 0 unspecified atom stereocenters. The maximum Gasteiger partial charge on any atom is 0.308 e. The third-order valence-electron chi connectivity index (χ3n) is 2.42. The molecular formula is C14H19NO3. The molecule has 0 bridgehead atoms. The quantitative estimate of drug-likeness (QED) is 0.337. The largest absolute Gasteiger partial charge is 0.426 e. The minimum absolute atomic E-state index is 0.338. The highest BCUT2D eigenvalue weighted by molar-refractivity contribution is 6.03. The maximum atomic E-state index is 11.1.